The highest BCUT2D eigenvalue weighted by Crippen LogP contribution is 2.23. The number of ether oxygens (including phenoxy) is 1. The second-order valence-electron chi connectivity index (χ2n) is 8.59. The minimum absolute atomic E-state index is 0.0600. The van der Waals surface area contributed by atoms with Crippen LogP contribution in [0.25, 0.3) is 10.8 Å². The number of pyridine rings is 1. The number of carbonyl (C=O) groups is 2. The lowest BCUT2D eigenvalue weighted by Crippen LogP contribution is -2.49. The van der Waals surface area contributed by atoms with E-state index >= 15 is 0 Å². The Morgan fingerprint density at radius 1 is 0.861 bits per heavy atom. The standard InChI is InChI=1S/C29H28N4O3/c1-2-36-26-13-6-5-11-25(26)28(34)31-22-14-15-27(30-20-22)32-16-18-33(19-17-32)29(35)24-12-7-9-21-8-3-4-10-23(21)24/h3-15,20H,2,16-19H2,1H3,(H,31,34). The Bertz CT molecular complexity index is 1370. The molecule has 1 aliphatic rings. The number of carbonyl (C=O) groups excluding carboxylic acids is 2. The highest BCUT2D eigenvalue weighted by Gasteiger charge is 2.24. The quantitative estimate of drug-likeness (QED) is 0.427. The van der Waals surface area contributed by atoms with E-state index in [4.69, 9.17) is 4.74 Å². The molecule has 0 aliphatic carbocycles. The molecule has 2 amide bonds. The van der Waals surface area contributed by atoms with Gasteiger partial charge in [0.25, 0.3) is 11.8 Å². The van der Waals surface area contributed by atoms with E-state index in [1.165, 1.54) is 0 Å². The monoisotopic (exact) mass is 480 g/mol. The molecule has 1 fully saturated rings. The normalized spacial score (nSPS) is 13.5. The van der Waals surface area contributed by atoms with Gasteiger partial charge in [-0.15, -0.1) is 0 Å². The van der Waals surface area contributed by atoms with Gasteiger partial charge in [-0.2, -0.15) is 0 Å². The summed E-state index contributed by atoms with van der Waals surface area (Å²) in [7, 11) is 0. The summed E-state index contributed by atoms with van der Waals surface area (Å²) in [5.74, 6) is 1.19. The van der Waals surface area contributed by atoms with Crippen LogP contribution in [-0.2, 0) is 0 Å². The summed E-state index contributed by atoms with van der Waals surface area (Å²) in [6, 6.07) is 24.7. The van der Waals surface area contributed by atoms with Gasteiger partial charge in [0.1, 0.15) is 11.6 Å². The molecule has 2 heterocycles. The van der Waals surface area contributed by atoms with E-state index < -0.39 is 0 Å². The van der Waals surface area contributed by atoms with Crippen molar-refractivity contribution in [2.24, 2.45) is 0 Å². The maximum absolute atomic E-state index is 13.2. The molecule has 1 aromatic heterocycles. The molecule has 0 atom stereocenters. The van der Waals surface area contributed by atoms with Crippen molar-refractivity contribution >= 4 is 34.1 Å². The first kappa shape index (κ1) is 23.4. The van der Waals surface area contributed by atoms with E-state index in [0.717, 1.165) is 22.2 Å². The summed E-state index contributed by atoms with van der Waals surface area (Å²) in [6.45, 7) is 5.00. The van der Waals surface area contributed by atoms with Gasteiger partial charge in [0.2, 0.25) is 0 Å². The number of nitrogens with one attached hydrogen (secondary N) is 1. The number of nitrogens with zero attached hydrogens (tertiary/aromatic N) is 3. The average molecular weight is 481 g/mol. The van der Waals surface area contributed by atoms with Crippen LogP contribution in [0.3, 0.4) is 0 Å². The number of para-hydroxylation sites is 1. The first-order valence-electron chi connectivity index (χ1n) is 12.2. The third-order valence-corrected chi connectivity index (χ3v) is 6.35. The van der Waals surface area contributed by atoms with E-state index in [-0.39, 0.29) is 11.8 Å². The van der Waals surface area contributed by atoms with E-state index in [1.54, 1.807) is 18.3 Å². The van der Waals surface area contributed by atoms with E-state index in [9.17, 15) is 9.59 Å². The van der Waals surface area contributed by atoms with Gasteiger partial charge in [-0.3, -0.25) is 9.59 Å². The molecule has 36 heavy (non-hydrogen) atoms. The topological polar surface area (TPSA) is 74.8 Å². The van der Waals surface area contributed by atoms with Crippen LogP contribution in [0.1, 0.15) is 27.6 Å². The van der Waals surface area contributed by atoms with Gasteiger partial charge in [0.05, 0.1) is 24.1 Å². The lowest BCUT2D eigenvalue weighted by atomic mass is 10.0. The molecule has 1 N–H and O–H groups in total. The zero-order valence-electron chi connectivity index (χ0n) is 20.2. The zero-order chi connectivity index (χ0) is 24.9. The highest BCUT2D eigenvalue weighted by atomic mass is 16.5. The fraction of sp³-hybridized carbons (Fsp3) is 0.207. The highest BCUT2D eigenvalue weighted by molar-refractivity contribution is 6.07. The number of aromatic nitrogens is 1. The van der Waals surface area contributed by atoms with Gasteiger partial charge >= 0.3 is 0 Å². The Kier molecular flexibility index (Phi) is 6.80. The van der Waals surface area contributed by atoms with Crippen LogP contribution < -0.4 is 15.0 Å². The van der Waals surface area contributed by atoms with Crippen LogP contribution >= 0.6 is 0 Å². The molecule has 0 unspecified atom stereocenters. The molecule has 7 nitrogen and oxygen atoms in total. The molecule has 0 bridgehead atoms. The molecular weight excluding hydrogens is 452 g/mol. The Labute approximate surface area is 210 Å². The maximum Gasteiger partial charge on any atom is 0.259 e. The summed E-state index contributed by atoms with van der Waals surface area (Å²) < 4.78 is 5.56. The molecule has 1 aliphatic heterocycles. The molecular formula is C29H28N4O3. The predicted octanol–water partition coefficient (Wildman–Crippen LogP) is 4.85. The van der Waals surface area contributed by atoms with Crippen LogP contribution in [-0.4, -0.2) is 54.5 Å². The van der Waals surface area contributed by atoms with Gasteiger partial charge in [-0.1, -0.05) is 48.5 Å². The number of benzene rings is 3. The smallest absolute Gasteiger partial charge is 0.259 e. The number of fused-ring (bicyclic) bond motifs is 1. The Morgan fingerprint density at radius 3 is 2.36 bits per heavy atom. The zero-order valence-corrected chi connectivity index (χ0v) is 20.2. The number of piperazine rings is 1. The largest absolute Gasteiger partial charge is 0.493 e. The number of hydrogen-bond acceptors (Lipinski definition) is 5. The van der Waals surface area contributed by atoms with Crippen molar-refractivity contribution in [3.8, 4) is 5.75 Å². The third kappa shape index (κ3) is 4.86. The summed E-state index contributed by atoms with van der Waals surface area (Å²) in [6.07, 6.45) is 1.66. The van der Waals surface area contributed by atoms with Crippen molar-refractivity contribution < 1.29 is 14.3 Å². The lowest BCUT2D eigenvalue weighted by Gasteiger charge is -2.35. The summed E-state index contributed by atoms with van der Waals surface area (Å²) in [4.78, 5) is 34.6. The minimum Gasteiger partial charge on any atom is -0.493 e. The van der Waals surface area contributed by atoms with Crippen LogP contribution in [0.15, 0.2) is 85.1 Å². The van der Waals surface area contributed by atoms with E-state index in [1.807, 2.05) is 78.6 Å². The molecule has 4 aromatic rings. The van der Waals surface area contributed by atoms with Crippen molar-refractivity contribution in [2.45, 2.75) is 6.92 Å². The van der Waals surface area contributed by atoms with Crippen molar-refractivity contribution in [1.29, 1.82) is 0 Å². The van der Waals surface area contributed by atoms with Gasteiger partial charge in [-0.05, 0) is 48.0 Å². The predicted molar refractivity (Wildman–Crippen MR) is 142 cm³/mol. The molecule has 0 radical (unpaired) electrons. The van der Waals surface area contributed by atoms with Gasteiger partial charge in [-0.25, -0.2) is 4.98 Å². The number of hydrogen-bond donors (Lipinski definition) is 1. The number of rotatable bonds is 6. The Balaban J connectivity index is 1.21. The molecule has 0 spiro atoms. The Morgan fingerprint density at radius 2 is 1.58 bits per heavy atom. The molecule has 5 rings (SSSR count). The summed E-state index contributed by atoms with van der Waals surface area (Å²) in [5.41, 5.74) is 1.83. The van der Waals surface area contributed by atoms with E-state index in [0.29, 0.717) is 49.8 Å². The fourth-order valence-corrected chi connectivity index (χ4v) is 4.50. The van der Waals surface area contributed by atoms with Gasteiger partial charge < -0.3 is 19.9 Å². The number of anilines is 2. The van der Waals surface area contributed by atoms with Crippen LogP contribution in [0.2, 0.25) is 0 Å². The SMILES string of the molecule is CCOc1ccccc1C(=O)Nc1ccc(N2CCN(C(=O)c3cccc4ccccc34)CC2)nc1. The van der Waals surface area contributed by atoms with E-state index in [2.05, 4.69) is 15.2 Å². The second-order valence-corrected chi connectivity index (χ2v) is 8.59. The molecule has 1 saturated heterocycles. The van der Waals surface area contributed by atoms with Crippen LogP contribution in [0.5, 0.6) is 5.75 Å². The molecule has 3 aromatic carbocycles. The summed E-state index contributed by atoms with van der Waals surface area (Å²) in [5, 5.41) is 4.94. The average Bonchev–Trinajstić information content (AvgIpc) is 2.93. The van der Waals surface area contributed by atoms with Crippen molar-refractivity contribution in [2.75, 3.05) is 43.0 Å². The number of amides is 2. The fourth-order valence-electron chi connectivity index (χ4n) is 4.50. The van der Waals surface area contributed by atoms with Crippen molar-refractivity contribution in [3.05, 3.63) is 96.2 Å². The molecule has 182 valence electrons. The second kappa shape index (κ2) is 10.5. The minimum atomic E-state index is -0.242. The first-order valence-corrected chi connectivity index (χ1v) is 12.2. The molecule has 0 saturated carbocycles. The first-order chi connectivity index (χ1) is 17.6. The maximum atomic E-state index is 13.2. The Hall–Kier alpha value is -4.39. The third-order valence-electron chi connectivity index (χ3n) is 6.35. The van der Waals surface area contributed by atoms with Crippen molar-refractivity contribution in [3.63, 3.8) is 0 Å². The van der Waals surface area contributed by atoms with Gasteiger partial charge in [0, 0.05) is 31.7 Å². The van der Waals surface area contributed by atoms with Crippen LogP contribution in [0, 0.1) is 0 Å². The van der Waals surface area contributed by atoms with Gasteiger partial charge in [0.15, 0.2) is 0 Å². The van der Waals surface area contributed by atoms with Crippen LogP contribution in [0.4, 0.5) is 11.5 Å². The van der Waals surface area contributed by atoms with Crippen molar-refractivity contribution in [1.82, 2.24) is 9.88 Å². The molecule has 7 heteroatoms. The lowest BCUT2D eigenvalue weighted by molar-refractivity contribution is 0.0748. The summed E-state index contributed by atoms with van der Waals surface area (Å²) >= 11 is 0.